The Labute approximate surface area is 258 Å². The van der Waals surface area contributed by atoms with E-state index in [-0.39, 0.29) is 47.3 Å². The molecule has 2 aliphatic rings. The largest absolute Gasteiger partial charge is 2.00 e. The van der Waals surface area contributed by atoms with E-state index in [1.54, 1.807) is 0 Å². The number of rotatable bonds is 11. The molecule has 0 heterocycles. The van der Waals surface area contributed by atoms with Crippen molar-refractivity contribution in [3.63, 3.8) is 0 Å². The number of carboxylic acid groups (broad SMARTS) is 2. The molecule has 2 radical (unpaired) electrons. The summed E-state index contributed by atoms with van der Waals surface area (Å²) in [5.41, 5.74) is 13.3. The Kier molecular flexibility index (Phi) is 26.5. The van der Waals surface area contributed by atoms with Gasteiger partial charge in [-0.1, -0.05) is 111 Å². The van der Waals surface area contributed by atoms with Gasteiger partial charge in [0, 0.05) is 23.5 Å². The molecule has 228 valence electrons. The molecular weight excluding hydrogens is 595 g/mol. The van der Waals surface area contributed by atoms with E-state index in [1.165, 1.54) is 77.0 Å². The van der Waals surface area contributed by atoms with Gasteiger partial charge >= 0.3 is 23.9 Å². The third-order valence-electron chi connectivity index (χ3n) is 8.90. The van der Waals surface area contributed by atoms with Gasteiger partial charge in [0.15, 0.2) is 0 Å². The van der Waals surface area contributed by atoms with Gasteiger partial charge < -0.3 is 31.3 Å². The summed E-state index contributed by atoms with van der Waals surface area (Å²) in [6.07, 6.45) is 24.3. The Morgan fingerprint density at radius 3 is 1.49 bits per heavy atom. The molecule has 4 N–H and O–H groups in total. The smallest absolute Gasteiger partial charge is 0.550 e. The fourth-order valence-corrected chi connectivity index (χ4v) is 5.98. The van der Waals surface area contributed by atoms with Crippen molar-refractivity contribution < 1.29 is 19.8 Å². The SMILES string of the molecule is CCCCC(CC)C(=O)[O-].CCCCC(CC)C(=O)[O-].NC1CCCCCCC1(N)C1CCCCCCC1.[Sn+2]. The summed E-state index contributed by atoms with van der Waals surface area (Å²) in [6.45, 7) is 7.89. The quantitative estimate of drug-likeness (QED) is 0.292. The maximum atomic E-state index is 10.3. The topological polar surface area (TPSA) is 132 Å². The summed E-state index contributed by atoms with van der Waals surface area (Å²) in [5, 5.41) is 20.7. The van der Waals surface area contributed by atoms with E-state index in [4.69, 9.17) is 11.5 Å². The molecule has 2 aliphatic carbocycles. The zero-order valence-electron chi connectivity index (χ0n) is 25.9. The summed E-state index contributed by atoms with van der Waals surface area (Å²) < 4.78 is 0. The maximum absolute atomic E-state index is 10.3. The summed E-state index contributed by atoms with van der Waals surface area (Å²) in [7, 11) is 0. The maximum Gasteiger partial charge on any atom is 2.00 e. The van der Waals surface area contributed by atoms with Crippen molar-refractivity contribution in [3.05, 3.63) is 0 Å². The number of unbranched alkanes of at least 4 members (excludes halogenated alkanes) is 2. The van der Waals surface area contributed by atoms with E-state index in [9.17, 15) is 19.8 Å². The van der Waals surface area contributed by atoms with Crippen LogP contribution in [0.3, 0.4) is 0 Å². The molecular formula is C32H62N2O4Sn. The van der Waals surface area contributed by atoms with Crippen LogP contribution in [-0.4, -0.2) is 47.4 Å². The van der Waals surface area contributed by atoms with Gasteiger partial charge in [-0.15, -0.1) is 0 Å². The molecule has 4 atom stereocenters. The molecule has 39 heavy (non-hydrogen) atoms. The third-order valence-corrected chi connectivity index (χ3v) is 8.90. The minimum Gasteiger partial charge on any atom is -0.550 e. The molecule has 6 nitrogen and oxygen atoms in total. The molecule has 0 bridgehead atoms. The van der Waals surface area contributed by atoms with Gasteiger partial charge in [-0.3, -0.25) is 0 Å². The first-order chi connectivity index (χ1) is 18.2. The van der Waals surface area contributed by atoms with Crippen molar-refractivity contribution in [2.45, 2.75) is 174 Å². The molecule has 0 saturated heterocycles. The van der Waals surface area contributed by atoms with E-state index >= 15 is 0 Å². The third kappa shape index (κ3) is 17.9. The summed E-state index contributed by atoms with van der Waals surface area (Å²) >= 11 is 0. The van der Waals surface area contributed by atoms with Gasteiger partial charge in [-0.2, -0.15) is 0 Å². The van der Waals surface area contributed by atoms with Crippen molar-refractivity contribution in [2.24, 2.45) is 29.2 Å². The fourth-order valence-electron chi connectivity index (χ4n) is 5.98. The van der Waals surface area contributed by atoms with Crippen molar-refractivity contribution >= 4 is 35.8 Å². The molecule has 2 saturated carbocycles. The van der Waals surface area contributed by atoms with Crippen LogP contribution >= 0.6 is 0 Å². The minimum atomic E-state index is -0.893. The van der Waals surface area contributed by atoms with Crippen LogP contribution < -0.4 is 21.7 Å². The van der Waals surface area contributed by atoms with Crippen LogP contribution in [0.4, 0.5) is 0 Å². The number of carboxylic acids is 2. The zero-order chi connectivity index (χ0) is 28.8. The van der Waals surface area contributed by atoms with Gasteiger partial charge in [-0.25, -0.2) is 0 Å². The molecule has 0 aromatic heterocycles. The second-order valence-corrected chi connectivity index (χ2v) is 11.8. The Morgan fingerprint density at radius 2 is 1.10 bits per heavy atom. The second kappa shape index (κ2) is 25.4. The first-order valence-corrected chi connectivity index (χ1v) is 16.1. The van der Waals surface area contributed by atoms with Crippen LogP contribution in [0.5, 0.6) is 0 Å². The van der Waals surface area contributed by atoms with Crippen LogP contribution in [0, 0.1) is 17.8 Å². The molecule has 0 amide bonds. The predicted molar refractivity (Wildman–Crippen MR) is 161 cm³/mol. The fraction of sp³-hybridized carbons (Fsp3) is 0.938. The molecule has 2 rings (SSSR count). The monoisotopic (exact) mass is 658 g/mol. The predicted octanol–water partition coefficient (Wildman–Crippen LogP) is 5.25. The Hall–Kier alpha value is -0.341. The molecule has 7 heteroatoms. The molecule has 0 spiro atoms. The number of aliphatic carboxylic acids is 2. The molecule has 0 aromatic carbocycles. The van der Waals surface area contributed by atoms with Crippen LogP contribution in [0.2, 0.25) is 0 Å². The Balaban J connectivity index is 0. The van der Waals surface area contributed by atoms with E-state index in [1.807, 2.05) is 13.8 Å². The van der Waals surface area contributed by atoms with Crippen molar-refractivity contribution in [2.75, 3.05) is 0 Å². The van der Waals surface area contributed by atoms with Gasteiger partial charge in [0.25, 0.3) is 0 Å². The second-order valence-electron chi connectivity index (χ2n) is 11.8. The van der Waals surface area contributed by atoms with Crippen LogP contribution in [0.25, 0.3) is 0 Å². The van der Waals surface area contributed by atoms with Crippen LogP contribution in [-0.2, 0) is 9.59 Å². The number of nitrogens with two attached hydrogens (primary N) is 2. The van der Waals surface area contributed by atoms with Gasteiger partial charge in [0.05, 0.1) is 0 Å². The molecule has 0 aromatic rings. The van der Waals surface area contributed by atoms with Gasteiger partial charge in [-0.05, 0) is 69.1 Å². The molecule has 2 fully saturated rings. The van der Waals surface area contributed by atoms with Gasteiger partial charge in [0.2, 0.25) is 0 Å². The number of hydrogen-bond acceptors (Lipinski definition) is 6. The first kappa shape index (κ1) is 40.8. The van der Waals surface area contributed by atoms with Crippen molar-refractivity contribution in [3.8, 4) is 0 Å². The van der Waals surface area contributed by atoms with E-state index in [0.29, 0.717) is 18.8 Å². The van der Waals surface area contributed by atoms with Crippen molar-refractivity contribution in [1.82, 2.24) is 0 Å². The average Bonchev–Trinajstić information content (AvgIpc) is 2.86. The van der Waals surface area contributed by atoms with Crippen molar-refractivity contribution in [1.29, 1.82) is 0 Å². The minimum absolute atomic E-state index is 0. The van der Waals surface area contributed by atoms with E-state index in [2.05, 4.69) is 13.8 Å². The number of carbonyl (C=O) groups is 2. The average molecular weight is 658 g/mol. The number of hydrogen-bond donors (Lipinski definition) is 2. The van der Waals surface area contributed by atoms with Gasteiger partial charge in [0.1, 0.15) is 0 Å². The zero-order valence-corrected chi connectivity index (χ0v) is 28.8. The molecule has 0 aliphatic heterocycles. The van der Waals surface area contributed by atoms with Crippen LogP contribution in [0.15, 0.2) is 0 Å². The first-order valence-electron chi connectivity index (χ1n) is 16.1. The van der Waals surface area contributed by atoms with E-state index in [0.717, 1.165) is 44.9 Å². The van der Waals surface area contributed by atoms with Crippen LogP contribution in [0.1, 0.15) is 163 Å². The van der Waals surface area contributed by atoms with E-state index < -0.39 is 11.9 Å². The summed E-state index contributed by atoms with van der Waals surface area (Å²) in [4.78, 5) is 20.7. The standard InChI is InChI=1S/C16H32N2.2C8H16O2.Sn/c17-15-12-8-4-5-9-13-16(15,18)14-10-6-2-1-3-7-11-14;2*1-3-5-6-7(4-2)8(9)10;/h14-15H,1-13,17-18H2;2*7H,3-6H2,1-2H3,(H,9,10);/q;;;+2/p-2. The normalized spacial score (nSPS) is 23.9. The molecule has 4 unspecified atom stereocenters. The number of carbonyl (C=O) groups excluding carboxylic acids is 2. The Bertz CT molecular complexity index is 573. The summed E-state index contributed by atoms with van der Waals surface area (Å²) in [6, 6.07) is 0.238. The Morgan fingerprint density at radius 1 is 0.718 bits per heavy atom. The summed E-state index contributed by atoms with van der Waals surface area (Å²) in [5.74, 6) is -1.54.